The van der Waals surface area contributed by atoms with Crippen LogP contribution in [0.4, 0.5) is 0 Å². The number of carbonyl (C=O) groups is 1. The fourth-order valence-corrected chi connectivity index (χ4v) is 4.46. The number of amides is 1. The molecule has 2 saturated heterocycles. The van der Waals surface area contributed by atoms with Gasteiger partial charge in [-0.25, -0.2) is 12.7 Å². The van der Waals surface area contributed by atoms with E-state index in [-0.39, 0.29) is 11.8 Å². The molecule has 0 aliphatic carbocycles. The molecular weight excluding hydrogens is 316 g/mol. The van der Waals surface area contributed by atoms with E-state index in [4.69, 9.17) is 0 Å². The quantitative estimate of drug-likeness (QED) is 0.680. The largest absolute Gasteiger partial charge is 0.348 e. The highest BCUT2D eigenvalue weighted by molar-refractivity contribution is 7.88. The maximum absolute atomic E-state index is 12.4. The van der Waals surface area contributed by atoms with Crippen molar-refractivity contribution < 1.29 is 13.2 Å². The number of hydrogen-bond donors (Lipinski definition) is 0. The molecule has 0 aromatic rings. The van der Waals surface area contributed by atoms with Gasteiger partial charge in [0.25, 0.3) is 0 Å². The molecule has 1 amide bonds. The Kier molecular flexibility index (Phi) is 6.05. The van der Waals surface area contributed by atoms with Crippen LogP contribution in [0.1, 0.15) is 12.8 Å². The topological polar surface area (TPSA) is 64.2 Å². The number of hydrogen-bond acceptors (Lipinski definition) is 5. The van der Waals surface area contributed by atoms with Gasteiger partial charge in [0, 0.05) is 59.4 Å². The summed E-state index contributed by atoms with van der Waals surface area (Å²) in [7, 11) is 2.59. The van der Waals surface area contributed by atoms with E-state index in [9.17, 15) is 13.2 Å². The number of rotatable bonds is 3. The molecule has 7 nitrogen and oxygen atoms in total. The monoisotopic (exact) mass is 346 g/mol. The number of piperidine rings is 1. The summed E-state index contributed by atoms with van der Waals surface area (Å²) < 4.78 is 24.8. The summed E-state index contributed by atoms with van der Waals surface area (Å²) in [5.74, 6) is 0.169. The summed E-state index contributed by atoms with van der Waals surface area (Å²) >= 11 is 0. The predicted octanol–water partition coefficient (Wildman–Crippen LogP) is -0.638. The third kappa shape index (κ3) is 4.89. The zero-order valence-electron chi connectivity index (χ0n) is 14.7. The molecule has 2 rings (SSSR count). The van der Waals surface area contributed by atoms with Crippen LogP contribution in [0.5, 0.6) is 0 Å². The highest BCUT2D eigenvalue weighted by Crippen LogP contribution is 2.21. The van der Waals surface area contributed by atoms with E-state index >= 15 is 0 Å². The normalized spacial score (nSPS) is 26.9. The first-order chi connectivity index (χ1) is 10.7. The molecule has 0 bridgehead atoms. The van der Waals surface area contributed by atoms with E-state index in [1.165, 1.54) is 6.26 Å². The molecule has 0 saturated carbocycles. The molecule has 1 atom stereocenters. The van der Waals surface area contributed by atoms with Gasteiger partial charge < -0.3 is 9.80 Å². The predicted molar refractivity (Wildman–Crippen MR) is 90.7 cm³/mol. The number of sulfonamides is 1. The van der Waals surface area contributed by atoms with Crippen LogP contribution in [0.25, 0.3) is 0 Å². The average molecular weight is 346 g/mol. The SMILES string of the molecule is CN1CCN(C2CCN(S(C)(=O)=O)CC2)C[C@@H](C(=O)N(C)C)C1. The van der Waals surface area contributed by atoms with Crippen molar-refractivity contribution in [3.05, 3.63) is 0 Å². The average Bonchev–Trinajstić information content (AvgIpc) is 2.67. The number of nitrogens with zero attached hydrogens (tertiary/aromatic N) is 4. The van der Waals surface area contributed by atoms with Gasteiger partial charge >= 0.3 is 0 Å². The molecule has 2 aliphatic rings. The van der Waals surface area contributed by atoms with Crippen LogP contribution in [0.15, 0.2) is 0 Å². The Bertz CT molecular complexity index is 515. The molecule has 0 N–H and O–H groups in total. The molecule has 134 valence electrons. The second-order valence-electron chi connectivity index (χ2n) is 7.08. The maximum Gasteiger partial charge on any atom is 0.227 e. The Hall–Kier alpha value is -0.700. The summed E-state index contributed by atoms with van der Waals surface area (Å²) in [5, 5.41) is 0. The zero-order chi connectivity index (χ0) is 17.2. The summed E-state index contributed by atoms with van der Waals surface area (Å²) in [6.45, 7) is 4.62. The Morgan fingerprint density at radius 3 is 2.17 bits per heavy atom. The number of likely N-dealkylation sites (N-methyl/N-ethyl adjacent to an activating group) is 1. The van der Waals surface area contributed by atoms with E-state index in [2.05, 4.69) is 16.8 Å². The molecule has 2 heterocycles. The lowest BCUT2D eigenvalue weighted by atomic mass is 10.0. The van der Waals surface area contributed by atoms with Gasteiger partial charge in [0.15, 0.2) is 0 Å². The highest BCUT2D eigenvalue weighted by atomic mass is 32.2. The van der Waals surface area contributed by atoms with Gasteiger partial charge in [0.05, 0.1) is 12.2 Å². The Labute approximate surface area is 140 Å². The van der Waals surface area contributed by atoms with E-state index in [0.29, 0.717) is 19.1 Å². The van der Waals surface area contributed by atoms with Crippen molar-refractivity contribution in [1.82, 2.24) is 19.0 Å². The van der Waals surface area contributed by atoms with Crippen LogP contribution in [-0.4, -0.2) is 106 Å². The molecule has 0 radical (unpaired) electrons. The Balaban J connectivity index is 2.00. The van der Waals surface area contributed by atoms with Crippen molar-refractivity contribution in [2.75, 3.05) is 66.7 Å². The third-order valence-electron chi connectivity index (χ3n) is 4.95. The van der Waals surface area contributed by atoms with Gasteiger partial charge in [-0.3, -0.25) is 9.69 Å². The molecule has 0 spiro atoms. The van der Waals surface area contributed by atoms with Gasteiger partial charge in [-0.05, 0) is 19.9 Å². The van der Waals surface area contributed by atoms with E-state index < -0.39 is 10.0 Å². The van der Waals surface area contributed by atoms with Crippen molar-refractivity contribution in [3.8, 4) is 0 Å². The van der Waals surface area contributed by atoms with Gasteiger partial charge in [-0.1, -0.05) is 0 Å². The summed E-state index contributed by atoms with van der Waals surface area (Å²) in [6.07, 6.45) is 2.97. The van der Waals surface area contributed by atoms with Crippen molar-refractivity contribution >= 4 is 15.9 Å². The Morgan fingerprint density at radius 1 is 1.04 bits per heavy atom. The third-order valence-corrected chi connectivity index (χ3v) is 6.26. The lowest BCUT2D eigenvalue weighted by Gasteiger charge is -2.38. The van der Waals surface area contributed by atoms with Gasteiger partial charge in [0.1, 0.15) is 0 Å². The molecule has 0 aromatic heterocycles. The van der Waals surface area contributed by atoms with Crippen molar-refractivity contribution in [2.24, 2.45) is 5.92 Å². The summed E-state index contributed by atoms with van der Waals surface area (Å²) in [6, 6.07) is 0.372. The highest BCUT2D eigenvalue weighted by Gasteiger charge is 2.33. The van der Waals surface area contributed by atoms with Crippen LogP contribution in [-0.2, 0) is 14.8 Å². The van der Waals surface area contributed by atoms with Crippen molar-refractivity contribution in [1.29, 1.82) is 0 Å². The summed E-state index contributed by atoms with van der Waals surface area (Å²) in [4.78, 5) is 18.7. The summed E-state index contributed by atoms with van der Waals surface area (Å²) in [5.41, 5.74) is 0. The standard InChI is InChI=1S/C15H30N4O3S/c1-16(2)15(20)13-11-17(3)9-10-18(12-13)14-5-7-19(8-6-14)23(4,21)22/h13-14H,5-12H2,1-4H3/t13-/m0/s1. The minimum Gasteiger partial charge on any atom is -0.348 e. The van der Waals surface area contributed by atoms with Crippen LogP contribution in [0.3, 0.4) is 0 Å². The number of carbonyl (C=O) groups excluding carboxylic acids is 1. The smallest absolute Gasteiger partial charge is 0.227 e. The Morgan fingerprint density at radius 2 is 1.65 bits per heavy atom. The minimum atomic E-state index is -3.09. The van der Waals surface area contributed by atoms with Crippen LogP contribution in [0, 0.1) is 5.92 Å². The minimum absolute atomic E-state index is 0.00885. The van der Waals surface area contributed by atoms with Gasteiger partial charge in [-0.2, -0.15) is 0 Å². The zero-order valence-corrected chi connectivity index (χ0v) is 15.5. The van der Waals surface area contributed by atoms with Crippen LogP contribution in [0.2, 0.25) is 0 Å². The van der Waals surface area contributed by atoms with E-state index in [0.717, 1.165) is 39.0 Å². The first kappa shape index (κ1) is 18.6. The fraction of sp³-hybridized carbons (Fsp3) is 0.933. The lowest BCUT2D eigenvalue weighted by Crippen LogP contribution is -2.49. The molecular formula is C15H30N4O3S. The van der Waals surface area contributed by atoms with Gasteiger partial charge in [-0.15, -0.1) is 0 Å². The first-order valence-electron chi connectivity index (χ1n) is 8.27. The molecule has 8 heteroatoms. The lowest BCUT2D eigenvalue weighted by molar-refractivity contribution is -0.133. The molecule has 2 aliphatic heterocycles. The fourth-order valence-electron chi connectivity index (χ4n) is 3.59. The molecule has 23 heavy (non-hydrogen) atoms. The van der Waals surface area contributed by atoms with Crippen LogP contribution < -0.4 is 0 Å². The van der Waals surface area contributed by atoms with E-state index in [1.807, 2.05) is 14.1 Å². The van der Waals surface area contributed by atoms with Crippen molar-refractivity contribution in [2.45, 2.75) is 18.9 Å². The first-order valence-corrected chi connectivity index (χ1v) is 10.1. The van der Waals surface area contributed by atoms with Crippen molar-refractivity contribution in [3.63, 3.8) is 0 Å². The van der Waals surface area contributed by atoms with Gasteiger partial charge in [0.2, 0.25) is 15.9 Å². The van der Waals surface area contributed by atoms with E-state index in [1.54, 1.807) is 9.21 Å². The maximum atomic E-state index is 12.4. The second kappa shape index (κ2) is 7.46. The molecule has 2 fully saturated rings. The second-order valence-corrected chi connectivity index (χ2v) is 9.06. The molecule has 0 unspecified atom stereocenters. The van der Waals surface area contributed by atoms with Crippen LogP contribution >= 0.6 is 0 Å². The molecule has 0 aromatic carbocycles.